The van der Waals surface area contributed by atoms with Crippen LogP contribution in [0.3, 0.4) is 0 Å². The molecule has 122 valence electrons. The molecule has 0 spiro atoms. The van der Waals surface area contributed by atoms with Gasteiger partial charge in [0.2, 0.25) is 0 Å². The van der Waals surface area contributed by atoms with Gasteiger partial charge in [-0.3, -0.25) is 4.98 Å². The molecule has 5 nitrogen and oxygen atoms in total. The number of nitrogens with zero attached hydrogens (tertiary/aromatic N) is 1. The van der Waals surface area contributed by atoms with Gasteiger partial charge >= 0.3 is 0 Å². The van der Waals surface area contributed by atoms with Crippen LogP contribution < -0.4 is 0 Å². The lowest BCUT2D eigenvalue weighted by molar-refractivity contribution is 0.404. The van der Waals surface area contributed by atoms with Gasteiger partial charge in [-0.15, -0.1) is 0 Å². The highest BCUT2D eigenvalue weighted by atomic mass is 16.3. The lowest BCUT2D eigenvalue weighted by atomic mass is 9.97. The Labute approximate surface area is 139 Å². The van der Waals surface area contributed by atoms with Crippen molar-refractivity contribution in [3.8, 4) is 45.4 Å². The molecule has 1 heterocycles. The molecule has 0 unspecified atom stereocenters. The van der Waals surface area contributed by atoms with E-state index in [2.05, 4.69) is 4.98 Å². The smallest absolute Gasteiger partial charge is 0.158 e. The van der Waals surface area contributed by atoms with E-state index in [1.165, 1.54) is 24.3 Å². The number of phenols is 4. The molecule has 3 aromatic rings. The van der Waals surface area contributed by atoms with E-state index in [1.54, 1.807) is 12.1 Å². The van der Waals surface area contributed by atoms with Gasteiger partial charge in [0, 0.05) is 11.3 Å². The molecule has 1 aromatic heterocycles. The van der Waals surface area contributed by atoms with Crippen molar-refractivity contribution in [3.05, 3.63) is 53.7 Å². The van der Waals surface area contributed by atoms with Crippen LogP contribution in [0.25, 0.3) is 22.4 Å². The van der Waals surface area contributed by atoms with E-state index >= 15 is 0 Å². The molecule has 2 aromatic carbocycles. The summed E-state index contributed by atoms with van der Waals surface area (Å²) in [6, 6.07) is 11.0. The van der Waals surface area contributed by atoms with Crippen molar-refractivity contribution < 1.29 is 20.4 Å². The van der Waals surface area contributed by atoms with Gasteiger partial charge in [-0.1, -0.05) is 6.07 Å². The van der Waals surface area contributed by atoms with Crippen LogP contribution in [0.1, 0.15) is 11.3 Å². The van der Waals surface area contributed by atoms with Crippen molar-refractivity contribution in [3.63, 3.8) is 0 Å². The number of pyridine rings is 1. The largest absolute Gasteiger partial charge is 0.504 e. The highest BCUT2D eigenvalue weighted by Crippen LogP contribution is 2.36. The van der Waals surface area contributed by atoms with Crippen molar-refractivity contribution in [2.75, 3.05) is 0 Å². The predicted octanol–water partition coefficient (Wildman–Crippen LogP) is 3.85. The third-order valence-electron chi connectivity index (χ3n) is 4.07. The Bertz CT molecular complexity index is 935. The average Bonchev–Trinajstić information content (AvgIpc) is 2.55. The minimum Gasteiger partial charge on any atom is -0.504 e. The van der Waals surface area contributed by atoms with Crippen LogP contribution in [0.2, 0.25) is 0 Å². The first kappa shape index (κ1) is 15.7. The fourth-order valence-electron chi connectivity index (χ4n) is 2.56. The Kier molecular flexibility index (Phi) is 3.77. The van der Waals surface area contributed by atoms with E-state index in [9.17, 15) is 20.4 Å². The molecular formula is C19H17NO4. The first-order valence-corrected chi connectivity index (χ1v) is 7.40. The van der Waals surface area contributed by atoms with Crippen LogP contribution in [-0.2, 0) is 0 Å². The van der Waals surface area contributed by atoms with Crippen LogP contribution in [0.4, 0.5) is 0 Å². The third-order valence-corrected chi connectivity index (χ3v) is 4.07. The molecule has 0 aliphatic carbocycles. The molecule has 0 aliphatic rings. The number of hydrogen-bond acceptors (Lipinski definition) is 5. The molecule has 0 bridgehead atoms. The number of benzene rings is 2. The summed E-state index contributed by atoms with van der Waals surface area (Å²) in [5.41, 5.74) is 4.67. The maximum Gasteiger partial charge on any atom is 0.158 e. The van der Waals surface area contributed by atoms with Crippen LogP contribution in [0.5, 0.6) is 23.0 Å². The summed E-state index contributed by atoms with van der Waals surface area (Å²) in [6.45, 7) is 3.81. The van der Waals surface area contributed by atoms with Gasteiger partial charge in [0.05, 0.1) is 5.69 Å². The first-order chi connectivity index (χ1) is 11.4. The van der Waals surface area contributed by atoms with Crippen molar-refractivity contribution in [2.45, 2.75) is 13.8 Å². The molecule has 0 aliphatic heterocycles. The van der Waals surface area contributed by atoms with Crippen LogP contribution in [0.15, 0.2) is 42.5 Å². The van der Waals surface area contributed by atoms with E-state index in [0.717, 1.165) is 22.4 Å². The normalized spacial score (nSPS) is 10.8. The van der Waals surface area contributed by atoms with E-state index in [4.69, 9.17) is 0 Å². The molecule has 3 rings (SSSR count). The van der Waals surface area contributed by atoms with Gasteiger partial charge in [0.1, 0.15) is 0 Å². The molecule has 0 amide bonds. The zero-order valence-corrected chi connectivity index (χ0v) is 13.3. The summed E-state index contributed by atoms with van der Waals surface area (Å²) >= 11 is 0. The minimum atomic E-state index is -0.212. The molecule has 0 fully saturated rings. The summed E-state index contributed by atoms with van der Waals surface area (Å²) in [4.78, 5) is 4.54. The number of aromatic nitrogens is 1. The Hall–Kier alpha value is -3.21. The number of phenolic OH excluding ortho intramolecular Hbond substituents is 4. The SMILES string of the molecule is Cc1nc(-c2ccc(O)c(O)c2)cc(-c2ccc(O)c(O)c2)c1C. The number of aryl methyl sites for hydroxylation is 1. The molecule has 0 saturated heterocycles. The van der Waals surface area contributed by atoms with Gasteiger partial charge < -0.3 is 20.4 Å². The molecule has 24 heavy (non-hydrogen) atoms. The lowest BCUT2D eigenvalue weighted by Gasteiger charge is -2.13. The minimum absolute atomic E-state index is 0.175. The second-order valence-electron chi connectivity index (χ2n) is 5.67. The highest BCUT2D eigenvalue weighted by molar-refractivity contribution is 5.76. The van der Waals surface area contributed by atoms with Gasteiger partial charge in [-0.25, -0.2) is 0 Å². The zero-order valence-electron chi connectivity index (χ0n) is 13.3. The molecule has 0 radical (unpaired) electrons. The fraction of sp³-hybridized carbons (Fsp3) is 0.105. The van der Waals surface area contributed by atoms with Crippen molar-refractivity contribution >= 4 is 0 Å². The second kappa shape index (κ2) is 5.77. The van der Waals surface area contributed by atoms with E-state index in [1.807, 2.05) is 19.9 Å². The van der Waals surface area contributed by atoms with Crippen LogP contribution >= 0.6 is 0 Å². The van der Waals surface area contributed by atoms with Gasteiger partial charge in [0.15, 0.2) is 23.0 Å². The van der Waals surface area contributed by atoms with Gasteiger partial charge in [-0.2, -0.15) is 0 Å². The maximum atomic E-state index is 9.75. The first-order valence-electron chi connectivity index (χ1n) is 7.40. The summed E-state index contributed by atoms with van der Waals surface area (Å²) in [5.74, 6) is -0.765. The van der Waals surface area contributed by atoms with Crippen molar-refractivity contribution in [2.24, 2.45) is 0 Å². The molecular weight excluding hydrogens is 306 g/mol. The Morgan fingerprint density at radius 1 is 0.667 bits per heavy atom. The number of aromatic hydroxyl groups is 4. The average molecular weight is 323 g/mol. The number of hydrogen-bond donors (Lipinski definition) is 4. The van der Waals surface area contributed by atoms with Crippen molar-refractivity contribution in [1.82, 2.24) is 4.98 Å². The molecule has 0 atom stereocenters. The molecule has 0 saturated carbocycles. The quantitative estimate of drug-likeness (QED) is 0.537. The van der Waals surface area contributed by atoms with E-state index in [-0.39, 0.29) is 23.0 Å². The topological polar surface area (TPSA) is 93.8 Å². The van der Waals surface area contributed by atoms with Crippen LogP contribution in [0, 0.1) is 13.8 Å². The van der Waals surface area contributed by atoms with E-state index in [0.29, 0.717) is 11.3 Å². The molecule has 4 N–H and O–H groups in total. The summed E-state index contributed by atoms with van der Waals surface area (Å²) in [6.07, 6.45) is 0. The standard InChI is InChI=1S/C19H17NO4/c1-10-11(2)20-15(13-4-6-17(22)19(24)8-13)9-14(10)12-3-5-16(21)18(23)7-12/h3-9,21-24H,1-2H3. The van der Waals surface area contributed by atoms with Gasteiger partial charge in [-0.05, 0) is 66.9 Å². The number of rotatable bonds is 2. The summed E-state index contributed by atoms with van der Waals surface area (Å²) in [7, 11) is 0. The zero-order chi connectivity index (χ0) is 17.4. The second-order valence-corrected chi connectivity index (χ2v) is 5.67. The van der Waals surface area contributed by atoms with Gasteiger partial charge in [0.25, 0.3) is 0 Å². The van der Waals surface area contributed by atoms with E-state index < -0.39 is 0 Å². The summed E-state index contributed by atoms with van der Waals surface area (Å²) < 4.78 is 0. The Morgan fingerprint density at radius 3 is 1.79 bits per heavy atom. The van der Waals surface area contributed by atoms with Crippen molar-refractivity contribution in [1.29, 1.82) is 0 Å². The predicted molar refractivity (Wildman–Crippen MR) is 91.2 cm³/mol. The summed E-state index contributed by atoms with van der Waals surface area (Å²) in [5, 5.41) is 38.4. The maximum absolute atomic E-state index is 9.75. The monoisotopic (exact) mass is 323 g/mol. The van der Waals surface area contributed by atoms with Crippen LogP contribution in [-0.4, -0.2) is 25.4 Å². The highest BCUT2D eigenvalue weighted by Gasteiger charge is 2.12. The Balaban J connectivity index is 2.18. The Morgan fingerprint density at radius 2 is 1.21 bits per heavy atom. The molecule has 5 heteroatoms. The lowest BCUT2D eigenvalue weighted by Crippen LogP contribution is -1.95. The third kappa shape index (κ3) is 2.72. The fourth-order valence-corrected chi connectivity index (χ4v) is 2.56.